The summed E-state index contributed by atoms with van der Waals surface area (Å²) in [6.07, 6.45) is 0.547. The van der Waals surface area contributed by atoms with Gasteiger partial charge in [-0.05, 0) is 58.2 Å². The molecule has 21 heavy (non-hydrogen) atoms. The molecule has 0 atom stereocenters. The SMILES string of the molecule is O=S(=O)(NCCc1ccc(O)cc1)c1cc(Br)ccc1Br. The zero-order valence-corrected chi connectivity index (χ0v) is 14.9. The van der Waals surface area contributed by atoms with Gasteiger partial charge in [-0.2, -0.15) is 0 Å². The van der Waals surface area contributed by atoms with E-state index in [2.05, 4.69) is 36.6 Å². The molecule has 0 spiro atoms. The third-order valence-electron chi connectivity index (χ3n) is 2.82. The van der Waals surface area contributed by atoms with E-state index in [-0.39, 0.29) is 17.2 Å². The maximum atomic E-state index is 12.2. The van der Waals surface area contributed by atoms with Crippen molar-refractivity contribution in [2.24, 2.45) is 0 Å². The molecule has 4 nitrogen and oxygen atoms in total. The highest BCUT2D eigenvalue weighted by Gasteiger charge is 2.17. The number of hydrogen-bond donors (Lipinski definition) is 2. The van der Waals surface area contributed by atoms with E-state index in [4.69, 9.17) is 0 Å². The second-order valence-electron chi connectivity index (χ2n) is 4.39. The van der Waals surface area contributed by atoms with Crippen LogP contribution >= 0.6 is 31.9 Å². The number of rotatable bonds is 5. The molecule has 0 radical (unpaired) electrons. The van der Waals surface area contributed by atoms with E-state index in [1.54, 1.807) is 42.5 Å². The van der Waals surface area contributed by atoms with Crippen molar-refractivity contribution in [3.8, 4) is 5.75 Å². The molecule has 2 aromatic rings. The van der Waals surface area contributed by atoms with E-state index in [1.807, 2.05) is 0 Å². The lowest BCUT2D eigenvalue weighted by atomic mass is 10.1. The fourth-order valence-corrected chi connectivity index (χ4v) is 4.28. The van der Waals surface area contributed by atoms with Gasteiger partial charge in [-0.3, -0.25) is 0 Å². The maximum absolute atomic E-state index is 12.2. The standard InChI is InChI=1S/C14H13Br2NO3S/c15-11-3-6-13(16)14(9-11)21(19,20)17-8-7-10-1-4-12(18)5-2-10/h1-6,9,17-18H,7-8H2. The smallest absolute Gasteiger partial charge is 0.241 e. The summed E-state index contributed by atoms with van der Waals surface area (Å²) in [4.78, 5) is 0.197. The summed E-state index contributed by atoms with van der Waals surface area (Å²) >= 11 is 6.51. The van der Waals surface area contributed by atoms with Crippen molar-refractivity contribution in [3.05, 3.63) is 57.0 Å². The van der Waals surface area contributed by atoms with Crippen molar-refractivity contribution in [2.45, 2.75) is 11.3 Å². The van der Waals surface area contributed by atoms with Gasteiger partial charge in [0, 0.05) is 15.5 Å². The molecule has 0 aliphatic heterocycles. The molecule has 112 valence electrons. The zero-order valence-electron chi connectivity index (χ0n) is 10.9. The van der Waals surface area contributed by atoms with Gasteiger partial charge in [-0.1, -0.05) is 28.1 Å². The Morgan fingerprint density at radius 2 is 1.71 bits per heavy atom. The van der Waals surface area contributed by atoms with Gasteiger partial charge in [-0.25, -0.2) is 13.1 Å². The van der Waals surface area contributed by atoms with Crippen molar-refractivity contribution in [3.63, 3.8) is 0 Å². The number of hydrogen-bond acceptors (Lipinski definition) is 3. The Balaban J connectivity index is 2.04. The van der Waals surface area contributed by atoms with Gasteiger partial charge in [0.2, 0.25) is 10.0 Å². The van der Waals surface area contributed by atoms with Gasteiger partial charge < -0.3 is 5.11 Å². The molecule has 2 rings (SSSR count). The fraction of sp³-hybridized carbons (Fsp3) is 0.143. The fourth-order valence-electron chi connectivity index (χ4n) is 1.75. The van der Waals surface area contributed by atoms with E-state index in [9.17, 15) is 13.5 Å². The highest BCUT2D eigenvalue weighted by Crippen LogP contribution is 2.25. The molecule has 0 aliphatic carbocycles. The van der Waals surface area contributed by atoms with Crippen LogP contribution in [-0.4, -0.2) is 20.1 Å². The van der Waals surface area contributed by atoms with Crippen molar-refractivity contribution >= 4 is 41.9 Å². The van der Waals surface area contributed by atoms with Gasteiger partial charge >= 0.3 is 0 Å². The first-order valence-electron chi connectivity index (χ1n) is 6.11. The number of sulfonamides is 1. The second-order valence-corrected chi connectivity index (χ2v) is 7.89. The average Bonchev–Trinajstić information content (AvgIpc) is 2.43. The lowest BCUT2D eigenvalue weighted by Crippen LogP contribution is -2.26. The van der Waals surface area contributed by atoms with Crippen molar-refractivity contribution in [1.82, 2.24) is 4.72 Å². The predicted molar refractivity (Wildman–Crippen MR) is 88.8 cm³/mol. The number of phenolic OH excluding ortho intramolecular Hbond substituents is 1. The summed E-state index contributed by atoms with van der Waals surface area (Å²) in [6, 6.07) is 11.7. The zero-order chi connectivity index (χ0) is 15.5. The molecule has 2 aromatic carbocycles. The quantitative estimate of drug-likeness (QED) is 0.757. The van der Waals surface area contributed by atoms with Gasteiger partial charge in [0.05, 0.1) is 4.90 Å². The third-order valence-corrected chi connectivity index (χ3v) is 5.77. The Labute approximate surface area is 140 Å². The van der Waals surface area contributed by atoms with E-state index in [0.717, 1.165) is 5.56 Å². The molecule has 0 aliphatic rings. The summed E-state index contributed by atoms with van der Waals surface area (Å²) in [5.74, 6) is 0.192. The lowest BCUT2D eigenvalue weighted by molar-refractivity contribution is 0.475. The first kappa shape index (κ1) is 16.5. The average molecular weight is 435 g/mol. The minimum absolute atomic E-state index is 0.192. The molecule has 0 fully saturated rings. The Kier molecular flexibility index (Phi) is 5.43. The summed E-state index contributed by atoms with van der Waals surface area (Å²) in [6.45, 7) is 0.284. The molecular weight excluding hydrogens is 422 g/mol. The van der Waals surface area contributed by atoms with Crippen LogP contribution in [0.5, 0.6) is 5.75 Å². The van der Waals surface area contributed by atoms with Crippen LogP contribution in [0.25, 0.3) is 0 Å². The first-order chi connectivity index (χ1) is 9.88. The maximum Gasteiger partial charge on any atom is 0.241 e. The lowest BCUT2D eigenvalue weighted by Gasteiger charge is -2.09. The van der Waals surface area contributed by atoms with Gasteiger partial charge in [0.1, 0.15) is 5.75 Å². The molecule has 0 amide bonds. The van der Waals surface area contributed by atoms with Crippen LogP contribution in [0.1, 0.15) is 5.56 Å². The van der Waals surface area contributed by atoms with Gasteiger partial charge in [0.25, 0.3) is 0 Å². The molecule has 0 saturated heterocycles. The summed E-state index contributed by atoms with van der Waals surface area (Å²) in [5, 5.41) is 9.20. The molecule has 0 aromatic heterocycles. The topological polar surface area (TPSA) is 66.4 Å². The van der Waals surface area contributed by atoms with Gasteiger partial charge in [0.15, 0.2) is 0 Å². The van der Waals surface area contributed by atoms with Crippen LogP contribution in [0, 0.1) is 0 Å². The third kappa shape index (κ3) is 4.54. The Bertz CT molecular complexity index is 730. The molecule has 0 bridgehead atoms. The molecular formula is C14H13Br2NO3S. The van der Waals surface area contributed by atoms with Crippen LogP contribution in [0.15, 0.2) is 56.3 Å². The van der Waals surface area contributed by atoms with Crippen LogP contribution < -0.4 is 4.72 Å². The molecule has 7 heteroatoms. The minimum Gasteiger partial charge on any atom is -0.508 e. The largest absolute Gasteiger partial charge is 0.508 e. The minimum atomic E-state index is -3.57. The van der Waals surface area contributed by atoms with E-state index in [0.29, 0.717) is 15.4 Å². The van der Waals surface area contributed by atoms with Crippen LogP contribution in [0.3, 0.4) is 0 Å². The monoisotopic (exact) mass is 433 g/mol. The molecule has 0 unspecified atom stereocenters. The highest BCUT2D eigenvalue weighted by atomic mass is 79.9. The van der Waals surface area contributed by atoms with E-state index >= 15 is 0 Å². The summed E-state index contributed by atoms with van der Waals surface area (Å²) in [7, 11) is -3.57. The van der Waals surface area contributed by atoms with Crippen molar-refractivity contribution in [1.29, 1.82) is 0 Å². The summed E-state index contributed by atoms with van der Waals surface area (Å²) < 4.78 is 28.3. The molecule has 2 N–H and O–H groups in total. The van der Waals surface area contributed by atoms with Crippen LogP contribution in [0.2, 0.25) is 0 Å². The first-order valence-corrected chi connectivity index (χ1v) is 9.18. The van der Waals surface area contributed by atoms with Crippen molar-refractivity contribution < 1.29 is 13.5 Å². The van der Waals surface area contributed by atoms with E-state index in [1.165, 1.54) is 0 Å². The van der Waals surface area contributed by atoms with Crippen LogP contribution in [-0.2, 0) is 16.4 Å². The number of halogens is 2. The number of phenols is 1. The Hall–Kier alpha value is -0.890. The number of nitrogens with one attached hydrogen (secondary N) is 1. The Morgan fingerprint density at radius 1 is 1.05 bits per heavy atom. The molecule has 0 heterocycles. The number of aromatic hydroxyl groups is 1. The Morgan fingerprint density at radius 3 is 2.38 bits per heavy atom. The number of benzene rings is 2. The van der Waals surface area contributed by atoms with Crippen LogP contribution in [0.4, 0.5) is 0 Å². The van der Waals surface area contributed by atoms with E-state index < -0.39 is 10.0 Å². The van der Waals surface area contributed by atoms with Gasteiger partial charge in [-0.15, -0.1) is 0 Å². The normalized spacial score (nSPS) is 11.5. The summed E-state index contributed by atoms with van der Waals surface area (Å²) in [5.41, 5.74) is 0.948. The molecule has 0 saturated carbocycles. The second kappa shape index (κ2) is 6.91. The van der Waals surface area contributed by atoms with Crippen molar-refractivity contribution in [2.75, 3.05) is 6.54 Å². The highest BCUT2D eigenvalue weighted by molar-refractivity contribution is 9.11. The predicted octanol–water partition coefficient (Wildman–Crippen LogP) is 3.44.